The third-order valence-corrected chi connectivity index (χ3v) is 6.81. The van der Waals surface area contributed by atoms with Crippen LogP contribution < -0.4 is 14.4 Å². The molecule has 0 aliphatic carbocycles. The fraction of sp³-hybridized carbons (Fsp3) is 0.231. The summed E-state index contributed by atoms with van der Waals surface area (Å²) in [6.45, 7) is 1.18. The molecule has 2 amide bonds. The van der Waals surface area contributed by atoms with Crippen LogP contribution in [0.1, 0.15) is 12.5 Å². The van der Waals surface area contributed by atoms with Crippen LogP contribution in [0.25, 0.3) is 0 Å². The van der Waals surface area contributed by atoms with Gasteiger partial charge >= 0.3 is 0 Å². The molecule has 190 valence electrons. The number of ether oxygens (including phenoxy) is 1. The van der Waals surface area contributed by atoms with E-state index in [9.17, 15) is 18.0 Å². The number of nitrogens with zero attached hydrogens (tertiary/aromatic N) is 2. The molecule has 36 heavy (non-hydrogen) atoms. The van der Waals surface area contributed by atoms with Crippen molar-refractivity contribution in [3.8, 4) is 11.5 Å². The van der Waals surface area contributed by atoms with Crippen molar-refractivity contribution in [1.29, 1.82) is 0 Å². The lowest BCUT2D eigenvalue weighted by atomic mass is 10.1. The number of para-hydroxylation sites is 1. The number of anilines is 1. The van der Waals surface area contributed by atoms with Crippen LogP contribution in [0, 0.1) is 0 Å². The molecule has 0 saturated heterocycles. The molecule has 1 N–H and O–H groups in total. The van der Waals surface area contributed by atoms with Crippen molar-refractivity contribution in [1.82, 2.24) is 10.2 Å². The third kappa shape index (κ3) is 7.22. The number of halogens is 1. The molecule has 0 aliphatic rings. The van der Waals surface area contributed by atoms with Gasteiger partial charge < -0.3 is 15.0 Å². The predicted molar refractivity (Wildman–Crippen MR) is 141 cm³/mol. The lowest BCUT2D eigenvalue weighted by Gasteiger charge is -2.31. The van der Waals surface area contributed by atoms with Gasteiger partial charge in [-0.3, -0.25) is 13.9 Å². The first-order valence-corrected chi connectivity index (χ1v) is 13.4. The fourth-order valence-corrected chi connectivity index (χ4v) is 4.60. The zero-order valence-electron chi connectivity index (χ0n) is 20.2. The number of hydrogen-bond acceptors (Lipinski definition) is 5. The largest absolute Gasteiger partial charge is 0.457 e. The Labute approximate surface area is 216 Å². The number of likely N-dealkylation sites (N-methyl/N-ethyl adjacent to an activating group) is 1. The Morgan fingerprint density at radius 1 is 0.972 bits per heavy atom. The van der Waals surface area contributed by atoms with Gasteiger partial charge in [0.25, 0.3) is 0 Å². The summed E-state index contributed by atoms with van der Waals surface area (Å²) in [5, 5.41) is 3.02. The van der Waals surface area contributed by atoms with Gasteiger partial charge in [0.15, 0.2) is 0 Å². The van der Waals surface area contributed by atoms with E-state index >= 15 is 0 Å². The maximum Gasteiger partial charge on any atom is 0.244 e. The molecule has 0 heterocycles. The molecule has 8 nitrogen and oxygen atoms in total. The molecule has 0 unspecified atom stereocenters. The number of nitrogens with one attached hydrogen (secondary N) is 1. The maximum absolute atomic E-state index is 13.4. The number of hydrogen-bond donors (Lipinski definition) is 1. The van der Waals surface area contributed by atoms with Crippen LogP contribution in [0.3, 0.4) is 0 Å². The second-order valence-electron chi connectivity index (χ2n) is 8.12. The van der Waals surface area contributed by atoms with Gasteiger partial charge in [-0.1, -0.05) is 41.9 Å². The molecular weight excluding hydrogens is 502 g/mol. The summed E-state index contributed by atoms with van der Waals surface area (Å²) in [4.78, 5) is 27.1. The molecule has 1 atom stereocenters. The first-order valence-electron chi connectivity index (χ1n) is 11.1. The van der Waals surface area contributed by atoms with Crippen LogP contribution in [0.4, 0.5) is 5.69 Å². The van der Waals surface area contributed by atoms with E-state index in [1.165, 1.54) is 11.9 Å². The van der Waals surface area contributed by atoms with Crippen LogP contribution in [-0.2, 0) is 26.2 Å². The minimum Gasteiger partial charge on any atom is -0.457 e. The van der Waals surface area contributed by atoms with Gasteiger partial charge in [0.1, 0.15) is 24.1 Å². The highest BCUT2D eigenvalue weighted by Crippen LogP contribution is 2.26. The van der Waals surface area contributed by atoms with Crippen molar-refractivity contribution < 1.29 is 22.7 Å². The number of rotatable bonds is 10. The maximum atomic E-state index is 13.4. The molecule has 3 aromatic rings. The van der Waals surface area contributed by atoms with Crippen LogP contribution in [-0.4, -0.2) is 51.0 Å². The Kier molecular flexibility index (Phi) is 8.95. The summed E-state index contributed by atoms with van der Waals surface area (Å²) in [6.07, 6.45) is 1.03. The van der Waals surface area contributed by atoms with Gasteiger partial charge in [-0.25, -0.2) is 8.42 Å². The Balaban J connectivity index is 1.85. The summed E-state index contributed by atoms with van der Waals surface area (Å²) < 4.78 is 32.1. The van der Waals surface area contributed by atoms with Gasteiger partial charge in [-0.15, -0.1) is 0 Å². The summed E-state index contributed by atoms with van der Waals surface area (Å²) >= 11 is 6.08. The molecule has 0 saturated carbocycles. The molecule has 3 rings (SSSR count). The molecular formula is C26H28ClN3O5S. The molecule has 0 fully saturated rings. The van der Waals surface area contributed by atoms with Gasteiger partial charge in [-0.05, 0) is 61.0 Å². The van der Waals surface area contributed by atoms with Crippen molar-refractivity contribution in [2.45, 2.75) is 19.5 Å². The predicted octanol–water partition coefficient (Wildman–Crippen LogP) is 4.06. The van der Waals surface area contributed by atoms with E-state index < -0.39 is 28.5 Å². The van der Waals surface area contributed by atoms with Crippen LogP contribution in [0.5, 0.6) is 11.5 Å². The van der Waals surface area contributed by atoms with E-state index in [1.807, 2.05) is 18.2 Å². The number of carbonyl (C=O) groups excluding carboxylic acids is 2. The summed E-state index contributed by atoms with van der Waals surface area (Å²) in [5.41, 5.74) is 1.00. The summed E-state index contributed by atoms with van der Waals surface area (Å²) in [6, 6.07) is 21.6. The van der Waals surface area contributed by atoms with Gasteiger partial charge in [0.05, 0.1) is 11.9 Å². The summed E-state index contributed by atoms with van der Waals surface area (Å²) in [5.74, 6) is 0.237. The van der Waals surface area contributed by atoms with Crippen molar-refractivity contribution in [2.75, 3.05) is 24.2 Å². The smallest absolute Gasteiger partial charge is 0.244 e. The lowest BCUT2D eigenvalue weighted by Crippen LogP contribution is -2.50. The molecule has 10 heteroatoms. The first-order chi connectivity index (χ1) is 17.1. The van der Waals surface area contributed by atoms with Crippen LogP contribution >= 0.6 is 11.6 Å². The van der Waals surface area contributed by atoms with E-state index in [4.69, 9.17) is 16.3 Å². The highest BCUT2D eigenvalue weighted by molar-refractivity contribution is 7.92. The second kappa shape index (κ2) is 11.9. The van der Waals surface area contributed by atoms with Crippen molar-refractivity contribution in [3.05, 3.63) is 89.4 Å². The quantitative estimate of drug-likeness (QED) is 0.427. The van der Waals surface area contributed by atoms with Crippen LogP contribution in [0.2, 0.25) is 5.02 Å². The van der Waals surface area contributed by atoms with E-state index in [1.54, 1.807) is 67.6 Å². The minimum absolute atomic E-state index is 0.0788. The number of benzene rings is 3. The third-order valence-electron chi connectivity index (χ3n) is 5.44. The fourth-order valence-electron chi connectivity index (χ4n) is 3.54. The molecule has 0 aromatic heterocycles. The van der Waals surface area contributed by atoms with E-state index in [0.717, 1.165) is 10.6 Å². The number of sulfonamides is 1. The van der Waals surface area contributed by atoms with Crippen molar-refractivity contribution in [2.24, 2.45) is 0 Å². The van der Waals surface area contributed by atoms with E-state index in [0.29, 0.717) is 27.8 Å². The van der Waals surface area contributed by atoms with Gasteiger partial charge in [0.2, 0.25) is 21.8 Å². The monoisotopic (exact) mass is 529 g/mol. The number of carbonyl (C=O) groups is 2. The number of amides is 2. The SMILES string of the molecule is CNC(=O)[C@@H](C)N(Cc1cccc(Cl)c1)C(=O)CN(c1ccc(Oc2ccccc2)cc1)S(C)(=O)=O. The highest BCUT2D eigenvalue weighted by atomic mass is 35.5. The van der Waals surface area contributed by atoms with Crippen LogP contribution in [0.15, 0.2) is 78.9 Å². The molecule has 3 aromatic carbocycles. The van der Waals surface area contributed by atoms with E-state index in [-0.39, 0.29) is 12.5 Å². The Morgan fingerprint density at radius 3 is 2.19 bits per heavy atom. The Morgan fingerprint density at radius 2 is 1.61 bits per heavy atom. The zero-order valence-corrected chi connectivity index (χ0v) is 21.8. The van der Waals surface area contributed by atoms with Crippen molar-refractivity contribution >= 4 is 39.1 Å². The van der Waals surface area contributed by atoms with E-state index in [2.05, 4.69) is 5.32 Å². The first kappa shape index (κ1) is 27.0. The Hall–Kier alpha value is -3.56. The second-order valence-corrected chi connectivity index (χ2v) is 10.5. The van der Waals surface area contributed by atoms with Crippen molar-refractivity contribution in [3.63, 3.8) is 0 Å². The molecule has 0 bridgehead atoms. The molecule has 0 radical (unpaired) electrons. The summed E-state index contributed by atoms with van der Waals surface area (Å²) in [7, 11) is -2.35. The van der Waals surface area contributed by atoms with Gasteiger partial charge in [-0.2, -0.15) is 0 Å². The normalized spacial score (nSPS) is 11.9. The standard InChI is InChI=1S/C26H28ClN3O5S/c1-19(26(32)28-2)29(17-20-8-7-9-21(27)16-20)25(31)18-30(36(3,33)34)22-12-14-24(15-13-22)35-23-10-5-4-6-11-23/h4-16,19H,17-18H2,1-3H3,(H,28,32)/t19-/m1/s1. The average Bonchev–Trinajstić information content (AvgIpc) is 2.85. The average molecular weight is 530 g/mol. The minimum atomic E-state index is -3.83. The highest BCUT2D eigenvalue weighted by Gasteiger charge is 2.29. The lowest BCUT2D eigenvalue weighted by molar-refractivity contribution is -0.139. The topological polar surface area (TPSA) is 96.0 Å². The molecule has 0 spiro atoms. The molecule has 0 aliphatic heterocycles. The van der Waals surface area contributed by atoms with Gasteiger partial charge in [0, 0.05) is 18.6 Å². The Bertz CT molecular complexity index is 1300. The zero-order chi connectivity index (χ0) is 26.3.